The van der Waals surface area contributed by atoms with Crippen molar-refractivity contribution in [3.63, 3.8) is 0 Å². The summed E-state index contributed by atoms with van der Waals surface area (Å²) in [6.45, 7) is 2.41. The molecule has 2 aromatic heterocycles. The highest BCUT2D eigenvalue weighted by Gasteiger charge is 2.25. The minimum atomic E-state index is -4.00. The van der Waals surface area contributed by atoms with Gasteiger partial charge in [-0.2, -0.15) is 24.9 Å². The average Bonchev–Trinajstić information content (AvgIpc) is 3.36. The Balaban J connectivity index is 1.33. The van der Waals surface area contributed by atoms with Gasteiger partial charge in [-0.15, -0.1) is 0 Å². The van der Waals surface area contributed by atoms with Gasteiger partial charge >= 0.3 is 13.8 Å². The van der Waals surface area contributed by atoms with Crippen molar-refractivity contribution in [1.29, 1.82) is 0 Å². The molecule has 0 amide bonds. The first-order valence-corrected chi connectivity index (χ1v) is 18.6. The minimum absolute atomic E-state index is 0.209. The molecule has 0 aromatic carbocycles. The van der Waals surface area contributed by atoms with Crippen LogP contribution in [-0.2, 0) is 20.4 Å². The number of aromatic nitrogens is 4. The van der Waals surface area contributed by atoms with Gasteiger partial charge < -0.3 is 24.5 Å². The zero-order valence-corrected chi connectivity index (χ0v) is 27.3. The number of imidazole rings is 1. The summed E-state index contributed by atoms with van der Waals surface area (Å²) >= 11 is 1.74. The van der Waals surface area contributed by atoms with E-state index in [0.29, 0.717) is 35.7 Å². The van der Waals surface area contributed by atoms with Gasteiger partial charge in [-0.3, -0.25) is 4.57 Å². The normalized spacial score (nSPS) is 14.3. The molecule has 0 aliphatic rings. The van der Waals surface area contributed by atoms with Gasteiger partial charge in [0.25, 0.3) is 0 Å². The topological polar surface area (TPSA) is 125 Å². The first-order chi connectivity index (χ1) is 20.6. The van der Waals surface area contributed by atoms with Gasteiger partial charge in [-0.05, 0) is 25.5 Å². The van der Waals surface area contributed by atoms with E-state index in [0.717, 1.165) is 31.4 Å². The van der Waals surface area contributed by atoms with Gasteiger partial charge in [0.05, 0.1) is 25.6 Å². The highest BCUT2D eigenvalue weighted by molar-refractivity contribution is 7.99. The van der Waals surface area contributed by atoms with Crippen molar-refractivity contribution in [3.05, 3.63) is 12.7 Å². The number of unbranched alkanes of at least 4 members (excludes halogenated alkanes) is 14. The van der Waals surface area contributed by atoms with Crippen LogP contribution < -0.4 is 5.73 Å². The van der Waals surface area contributed by atoms with Crippen LogP contribution in [0.2, 0.25) is 0 Å². The van der Waals surface area contributed by atoms with Gasteiger partial charge in [0.15, 0.2) is 11.5 Å². The van der Waals surface area contributed by atoms with Crippen LogP contribution in [0.25, 0.3) is 11.2 Å². The summed E-state index contributed by atoms with van der Waals surface area (Å²) in [6.07, 6.45) is 14.0. The lowest BCUT2D eigenvalue weighted by Gasteiger charge is -2.17. The molecule has 14 heteroatoms. The molecule has 0 bridgehead atoms. The quantitative estimate of drug-likeness (QED) is 0.0759. The maximum absolute atomic E-state index is 12.3. The van der Waals surface area contributed by atoms with E-state index >= 15 is 0 Å². The van der Waals surface area contributed by atoms with E-state index < -0.39 is 20.2 Å². The molecule has 0 saturated carbocycles. The third kappa shape index (κ3) is 18.2. The molecule has 2 aromatic rings. The Morgan fingerprint density at radius 3 is 2.05 bits per heavy atom. The Hall–Kier alpha value is -1.40. The maximum atomic E-state index is 12.3. The molecule has 9 nitrogen and oxygen atoms in total. The summed E-state index contributed by atoms with van der Waals surface area (Å²) in [4.78, 5) is 22.4. The Morgan fingerprint density at radius 1 is 0.907 bits per heavy atom. The van der Waals surface area contributed by atoms with Gasteiger partial charge in [0.1, 0.15) is 18.2 Å². The molecule has 3 N–H and O–H groups in total. The van der Waals surface area contributed by atoms with E-state index in [4.69, 9.17) is 15.0 Å². The number of nitrogens with zero attached hydrogens (tertiary/aromatic N) is 4. The first-order valence-electron chi connectivity index (χ1n) is 15.7. The maximum Gasteiger partial charge on any atom is 0.389 e. The van der Waals surface area contributed by atoms with Crippen molar-refractivity contribution in [2.24, 2.45) is 0 Å². The summed E-state index contributed by atoms with van der Waals surface area (Å²) < 4.78 is 61.1. The van der Waals surface area contributed by atoms with Crippen LogP contribution in [0.15, 0.2) is 12.7 Å². The molecular weight excluding hydrogens is 602 g/mol. The third-order valence-electron chi connectivity index (χ3n) is 7.18. The summed E-state index contributed by atoms with van der Waals surface area (Å²) in [5.74, 6) is 1.98. The second-order valence-corrected chi connectivity index (χ2v) is 14.2. The fraction of sp³-hybridized carbons (Fsp3) is 0.828. The second kappa shape index (κ2) is 21.4. The van der Waals surface area contributed by atoms with Crippen LogP contribution in [0.4, 0.5) is 19.0 Å². The van der Waals surface area contributed by atoms with E-state index in [-0.39, 0.29) is 25.5 Å². The number of nitrogens with two attached hydrogens (primary N) is 1. The predicted octanol–water partition coefficient (Wildman–Crippen LogP) is 8.51. The lowest BCUT2D eigenvalue weighted by Crippen LogP contribution is -2.17. The second-order valence-electron chi connectivity index (χ2n) is 11.2. The standard InChI is InChI=1S/C29H51F3N5O4PS/c1-25(21-37-23-36-26-27(33)34-22-35-28(26)37)40-24-42(38,39)41-18-20-43-19-16-14-12-10-8-6-4-2-3-5-7-9-11-13-15-17-29(30,31)32/h22-23,25H,2-21,24H2,1H3,(H,38,39)(H2,33,34,35)/t25-/m1/s1. The molecular formula is C29H51F3N5O4PS. The number of ether oxygens (including phenoxy) is 1. The number of alkyl halides is 3. The van der Waals surface area contributed by atoms with E-state index in [1.54, 1.807) is 29.6 Å². The lowest BCUT2D eigenvalue weighted by molar-refractivity contribution is -0.135. The molecule has 2 heterocycles. The molecule has 0 aliphatic carbocycles. The lowest BCUT2D eigenvalue weighted by atomic mass is 10.0. The zero-order valence-electron chi connectivity index (χ0n) is 25.6. The van der Waals surface area contributed by atoms with Crippen molar-refractivity contribution in [2.75, 3.05) is 30.2 Å². The number of halogens is 3. The molecule has 0 fully saturated rings. The molecule has 2 atom stereocenters. The van der Waals surface area contributed by atoms with Crippen LogP contribution in [0.3, 0.4) is 0 Å². The number of nitrogen functional groups attached to an aromatic ring is 1. The van der Waals surface area contributed by atoms with Crippen LogP contribution in [-0.4, -0.2) is 61.2 Å². The molecule has 0 saturated heterocycles. The number of thioether (sulfide) groups is 1. The Kier molecular flexibility index (Phi) is 18.8. The summed E-state index contributed by atoms with van der Waals surface area (Å²) in [5.41, 5.74) is 6.90. The summed E-state index contributed by atoms with van der Waals surface area (Å²) in [7, 11) is -3.83. The largest absolute Gasteiger partial charge is 0.389 e. The third-order valence-corrected chi connectivity index (χ3v) is 9.27. The van der Waals surface area contributed by atoms with Crippen LogP contribution in [0.5, 0.6) is 0 Å². The number of hydrogen-bond acceptors (Lipinski definition) is 8. The van der Waals surface area contributed by atoms with E-state index in [9.17, 15) is 22.6 Å². The smallest absolute Gasteiger partial charge is 0.382 e. The first kappa shape index (κ1) is 37.8. The highest BCUT2D eigenvalue weighted by Crippen LogP contribution is 2.42. The Bertz CT molecular complexity index is 1060. The number of hydrogen-bond donors (Lipinski definition) is 2. The molecule has 0 aliphatic heterocycles. The monoisotopic (exact) mass is 653 g/mol. The summed E-state index contributed by atoms with van der Waals surface area (Å²) in [5, 5.41) is 0. The molecule has 2 rings (SSSR count). The van der Waals surface area contributed by atoms with Crippen molar-refractivity contribution < 1.29 is 31.9 Å². The van der Waals surface area contributed by atoms with Crippen LogP contribution in [0, 0.1) is 0 Å². The van der Waals surface area contributed by atoms with Gasteiger partial charge in [0, 0.05) is 12.2 Å². The zero-order chi connectivity index (χ0) is 31.4. The van der Waals surface area contributed by atoms with Crippen LogP contribution >= 0.6 is 19.4 Å². The summed E-state index contributed by atoms with van der Waals surface area (Å²) in [6, 6.07) is 0. The molecule has 0 radical (unpaired) electrons. The van der Waals surface area contributed by atoms with Gasteiger partial charge in [-0.1, -0.05) is 83.5 Å². The fourth-order valence-electron chi connectivity index (χ4n) is 4.79. The van der Waals surface area contributed by atoms with Gasteiger partial charge in [0.2, 0.25) is 0 Å². The Labute approximate surface area is 258 Å². The van der Waals surface area contributed by atoms with Crippen LogP contribution in [0.1, 0.15) is 110 Å². The Morgan fingerprint density at radius 2 is 1.47 bits per heavy atom. The molecule has 1 unspecified atom stereocenters. The van der Waals surface area contributed by atoms with E-state index in [2.05, 4.69) is 15.0 Å². The van der Waals surface area contributed by atoms with Crippen molar-refractivity contribution in [3.8, 4) is 0 Å². The number of fused-ring (bicyclic) bond motifs is 1. The highest BCUT2D eigenvalue weighted by atomic mass is 32.2. The van der Waals surface area contributed by atoms with Crippen molar-refractivity contribution in [1.82, 2.24) is 19.5 Å². The van der Waals surface area contributed by atoms with Crippen molar-refractivity contribution >= 4 is 36.3 Å². The van der Waals surface area contributed by atoms with Crippen molar-refractivity contribution in [2.45, 2.75) is 128 Å². The van der Waals surface area contributed by atoms with Gasteiger partial charge in [-0.25, -0.2) is 15.0 Å². The molecule has 248 valence electrons. The predicted molar refractivity (Wildman–Crippen MR) is 168 cm³/mol. The fourth-order valence-corrected chi connectivity index (χ4v) is 6.62. The average molecular weight is 654 g/mol. The minimum Gasteiger partial charge on any atom is -0.382 e. The van der Waals surface area contributed by atoms with E-state index in [1.165, 1.54) is 64.1 Å². The van der Waals surface area contributed by atoms with E-state index in [1.807, 2.05) is 0 Å². The molecule has 0 spiro atoms. The number of anilines is 1. The number of rotatable bonds is 26. The SMILES string of the molecule is C[C@H](Cn1cnc2c(N)ncnc21)OCP(=O)(O)OCCSCCCCCCCCCCCCCCCCCC(F)(F)F. The molecule has 43 heavy (non-hydrogen) atoms.